The zero-order chi connectivity index (χ0) is 11.8. The van der Waals surface area contributed by atoms with Crippen LogP contribution in [0.25, 0.3) is 0 Å². The van der Waals surface area contributed by atoms with Gasteiger partial charge in [0.25, 0.3) is 0 Å². The molecule has 1 N–H and O–H groups in total. The number of unbranched alkanes of at least 4 members (excludes halogenated alkanes) is 1. The van der Waals surface area contributed by atoms with Gasteiger partial charge in [-0.25, -0.2) is 8.78 Å². The van der Waals surface area contributed by atoms with Gasteiger partial charge < -0.3 is 10.1 Å². The summed E-state index contributed by atoms with van der Waals surface area (Å²) in [7, 11) is 0. The molecule has 0 amide bonds. The third kappa shape index (κ3) is 5.07. The Balaban J connectivity index is 2.21. The van der Waals surface area contributed by atoms with Crippen LogP contribution in [0.5, 0.6) is 0 Å². The average molecular weight is 229 g/mol. The van der Waals surface area contributed by atoms with Gasteiger partial charge in [0.05, 0.1) is 6.61 Å². The molecular formula is C12H17F2NO. The lowest BCUT2D eigenvalue weighted by molar-refractivity contribution is 0.141. The second-order valence-corrected chi connectivity index (χ2v) is 3.55. The molecule has 0 atom stereocenters. The first-order chi connectivity index (χ1) is 7.72. The molecule has 16 heavy (non-hydrogen) atoms. The molecule has 0 heterocycles. The van der Waals surface area contributed by atoms with Gasteiger partial charge in [-0.1, -0.05) is 13.3 Å². The van der Waals surface area contributed by atoms with Gasteiger partial charge >= 0.3 is 0 Å². The number of nitrogens with one attached hydrogen (secondary N) is 1. The molecule has 0 saturated heterocycles. The molecule has 0 saturated carbocycles. The number of anilines is 1. The predicted octanol–water partition coefficient (Wildman–Crippen LogP) is 3.19. The lowest BCUT2D eigenvalue weighted by Crippen LogP contribution is -2.10. The van der Waals surface area contributed by atoms with Crippen LogP contribution in [0.15, 0.2) is 18.2 Å². The van der Waals surface area contributed by atoms with E-state index in [1.807, 2.05) is 0 Å². The molecule has 2 nitrogen and oxygen atoms in total. The standard InChI is InChI=1S/C12H17F2NO/c1-2-3-5-16-6-4-15-12-8-10(13)7-11(14)9-12/h7-9,15H,2-6H2,1H3. The normalized spacial score (nSPS) is 10.4. The first kappa shape index (κ1) is 12.9. The van der Waals surface area contributed by atoms with Crippen LogP contribution in [0.4, 0.5) is 14.5 Å². The highest BCUT2D eigenvalue weighted by molar-refractivity contribution is 5.43. The van der Waals surface area contributed by atoms with E-state index in [1.54, 1.807) is 0 Å². The summed E-state index contributed by atoms with van der Waals surface area (Å²) in [5.74, 6) is -1.15. The van der Waals surface area contributed by atoms with Gasteiger partial charge in [-0.2, -0.15) is 0 Å². The Morgan fingerprint density at radius 3 is 2.44 bits per heavy atom. The Bertz CT molecular complexity index is 298. The minimum Gasteiger partial charge on any atom is -0.383 e. The smallest absolute Gasteiger partial charge is 0.128 e. The third-order valence-corrected chi connectivity index (χ3v) is 2.08. The van der Waals surface area contributed by atoms with Crippen LogP contribution in [0.3, 0.4) is 0 Å². The molecular weight excluding hydrogens is 212 g/mol. The van der Waals surface area contributed by atoms with Crippen LogP contribution in [0.1, 0.15) is 19.8 Å². The quantitative estimate of drug-likeness (QED) is 0.725. The highest BCUT2D eigenvalue weighted by Crippen LogP contribution is 2.12. The van der Waals surface area contributed by atoms with Gasteiger partial charge in [-0.15, -0.1) is 0 Å². The molecule has 0 unspecified atom stereocenters. The van der Waals surface area contributed by atoms with E-state index in [0.717, 1.165) is 25.5 Å². The van der Waals surface area contributed by atoms with Crippen molar-refractivity contribution < 1.29 is 13.5 Å². The fraction of sp³-hybridized carbons (Fsp3) is 0.500. The summed E-state index contributed by atoms with van der Waals surface area (Å²) in [6, 6.07) is 3.37. The van der Waals surface area contributed by atoms with Crippen molar-refractivity contribution in [3.63, 3.8) is 0 Å². The molecule has 1 aromatic rings. The fourth-order valence-electron chi connectivity index (χ4n) is 1.27. The largest absolute Gasteiger partial charge is 0.383 e. The first-order valence-corrected chi connectivity index (χ1v) is 5.50. The summed E-state index contributed by atoms with van der Waals surface area (Å²) in [4.78, 5) is 0. The van der Waals surface area contributed by atoms with E-state index in [4.69, 9.17) is 4.74 Å². The Kier molecular flexibility index (Phi) is 5.78. The molecule has 0 fully saturated rings. The third-order valence-electron chi connectivity index (χ3n) is 2.08. The summed E-state index contributed by atoms with van der Waals surface area (Å²) in [6.07, 6.45) is 2.14. The van der Waals surface area contributed by atoms with E-state index >= 15 is 0 Å². The van der Waals surface area contributed by atoms with E-state index in [0.29, 0.717) is 18.8 Å². The van der Waals surface area contributed by atoms with Gasteiger partial charge in [0.1, 0.15) is 11.6 Å². The Hall–Kier alpha value is -1.16. The van der Waals surface area contributed by atoms with Crippen molar-refractivity contribution in [2.75, 3.05) is 25.1 Å². The molecule has 1 rings (SSSR count). The second kappa shape index (κ2) is 7.17. The molecule has 0 radical (unpaired) electrons. The van der Waals surface area contributed by atoms with Crippen molar-refractivity contribution in [2.24, 2.45) is 0 Å². The maximum atomic E-state index is 12.8. The maximum absolute atomic E-state index is 12.8. The number of rotatable bonds is 7. The lowest BCUT2D eigenvalue weighted by atomic mass is 10.3. The lowest BCUT2D eigenvalue weighted by Gasteiger charge is -2.07. The van der Waals surface area contributed by atoms with Gasteiger partial charge in [-0.05, 0) is 18.6 Å². The minimum absolute atomic E-state index is 0.441. The van der Waals surface area contributed by atoms with Crippen molar-refractivity contribution in [2.45, 2.75) is 19.8 Å². The van der Waals surface area contributed by atoms with Gasteiger partial charge in [-0.3, -0.25) is 0 Å². The average Bonchev–Trinajstić information content (AvgIpc) is 2.22. The number of hydrogen-bond donors (Lipinski definition) is 1. The van der Waals surface area contributed by atoms with Crippen LogP contribution in [-0.2, 0) is 4.74 Å². The molecule has 0 aliphatic rings. The van der Waals surface area contributed by atoms with E-state index < -0.39 is 11.6 Å². The maximum Gasteiger partial charge on any atom is 0.128 e. The van der Waals surface area contributed by atoms with E-state index in [1.165, 1.54) is 12.1 Å². The minimum atomic E-state index is -0.575. The van der Waals surface area contributed by atoms with Crippen molar-refractivity contribution in [1.29, 1.82) is 0 Å². The van der Waals surface area contributed by atoms with Gasteiger partial charge in [0.2, 0.25) is 0 Å². The van der Waals surface area contributed by atoms with Crippen molar-refractivity contribution in [3.8, 4) is 0 Å². The summed E-state index contributed by atoms with van der Waals surface area (Å²) in [5, 5.41) is 2.90. The van der Waals surface area contributed by atoms with E-state index in [9.17, 15) is 8.78 Å². The first-order valence-electron chi connectivity index (χ1n) is 5.50. The molecule has 4 heteroatoms. The van der Waals surface area contributed by atoms with Crippen LogP contribution < -0.4 is 5.32 Å². The molecule has 0 bridgehead atoms. The number of benzene rings is 1. The summed E-state index contributed by atoms with van der Waals surface area (Å²) < 4.78 is 30.9. The Morgan fingerprint density at radius 2 is 1.81 bits per heavy atom. The summed E-state index contributed by atoms with van der Waals surface area (Å²) >= 11 is 0. The van der Waals surface area contributed by atoms with Crippen LogP contribution in [-0.4, -0.2) is 19.8 Å². The zero-order valence-corrected chi connectivity index (χ0v) is 9.43. The highest BCUT2D eigenvalue weighted by Gasteiger charge is 1.99. The number of halogens is 2. The number of ether oxygens (including phenoxy) is 1. The fourth-order valence-corrected chi connectivity index (χ4v) is 1.27. The predicted molar refractivity (Wildman–Crippen MR) is 60.6 cm³/mol. The van der Waals surface area contributed by atoms with Crippen LogP contribution >= 0.6 is 0 Å². The van der Waals surface area contributed by atoms with Gasteiger partial charge in [0, 0.05) is 24.9 Å². The van der Waals surface area contributed by atoms with Crippen molar-refractivity contribution in [1.82, 2.24) is 0 Å². The summed E-state index contributed by atoms with van der Waals surface area (Å²) in [6.45, 7) is 3.91. The van der Waals surface area contributed by atoms with E-state index in [-0.39, 0.29) is 0 Å². The zero-order valence-electron chi connectivity index (χ0n) is 9.43. The molecule has 90 valence electrons. The van der Waals surface area contributed by atoms with Crippen LogP contribution in [0, 0.1) is 11.6 Å². The number of hydrogen-bond acceptors (Lipinski definition) is 2. The molecule has 0 aliphatic heterocycles. The van der Waals surface area contributed by atoms with Gasteiger partial charge in [0.15, 0.2) is 0 Å². The topological polar surface area (TPSA) is 21.3 Å². The SMILES string of the molecule is CCCCOCCNc1cc(F)cc(F)c1. The molecule has 1 aromatic carbocycles. The molecule has 0 aliphatic carbocycles. The Morgan fingerprint density at radius 1 is 1.12 bits per heavy atom. The van der Waals surface area contributed by atoms with Crippen molar-refractivity contribution >= 4 is 5.69 Å². The highest BCUT2D eigenvalue weighted by atomic mass is 19.1. The summed E-state index contributed by atoms with van der Waals surface area (Å²) in [5.41, 5.74) is 0.441. The molecule has 0 aromatic heterocycles. The second-order valence-electron chi connectivity index (χ2n) is 3.55. The molecule has 0 spiro atoms. The Labute approximate surface area is 94.6 Å². The monoisotopic (exact) mass is 229 g/mol. The van der Waals surface area contributed by atoms with Crippen LogP contribution in [0.2, 0.25) is 0 Å². The van der Waals surface area contributed by atoms with Crippen molar-refractivity contribution in [3.05, 3.63) is 29.8 Å². The van der Waals surface area contributed by atoms with E-state index in [2.05, 4.69) is 12.2 Å².